The van der Waals surface area contributed by atoms with E-state index in [1.54, 1.807) is 13.1 Å². The van der Waals surface area contributed by atoms with Crippen molar-refractivity contribution in [3.63, 3.8) is 0 Å². The third-order valence-corrected chi connectivity index (χ3v) is 2.42. The van der Waals surface area contributed by atoms with E-state index in [0.29, 0.717) is 12.0 Å². The molecule has 3 heteroatoms. The molecule has 1 aliphatic rings. The Morgan fingerprint density at radius 2 is 2.15 bits per heavy atom. The Labute approximate surface area is 76.6 Å². The summed E-state index contributed by atoms with van der Waals surface area (Å²) in [6.07, 6.45) is -0.152. The lowest BCUT2D eigenvalue weighted by Gasteiger charge is -2.29. The van der Waals surface area contributed by atoms with Gasteiger partial charge in [-0.2, -0.15) is 0 Å². The summed E-state index contributed by atoms with van der Waals surface area (Å²) >= 11 is 0. The summed E-state index contributed by atoms with van der Waals surface area (Å²) in [7, 11) is 1.61. The molecule has 0 bridgehead atoms. The smallest absolute Gasteiger partial charge is 0.255 e. The Balaban J connectivity index is 2.49. The van der Waals surface area contributed by atoms with E-state index in [4.69, 9.17) is 0 Å². The maximum absolute atomic E-state index is 11.6. The van der Waals surface area contributed by atoms with E-state index in [9.17, 15) is 9.90 Å². The van der Waals surface area contributed by atoms with Crippen LogP contribution < -0.4 is 0 Å². The van der Waals surface area contributed by atoms with Crippen molar-refractivity contribution in [2.24, 2.45) is 0 Å². The number of amides is 1. The highest BCUT2D eigenvalue weighted by atomic mass is 16.3. The SMILES string of the molecule is CN1C(=O)c2ccccc2CC1O. The molecule has 0 aliphatic carbocycles. The molecule has 1 aromatic rings. The second-order valence-corrected chi connectivity index (χ2v) is 3.26. The highest BCUT2D eigenvalue weighted by Gasteiger charge is 2.27. The summed E-state index contributed by atoms with van der Waals surface area (Å²) in [6, 6.07) is 7.38. The molecule has 3 nitrogen and oxygen atoms in total. The van der Waals surface area contributed by atoms with Gasteiger partial charge in [-0.1, -0.05) is 18.2 Å². The van der Waals surface area contributed by atoms with Gasteiger partial charge in [-0.05, 0) is 11.6 Å². The van der Waals surface area contributed by atoms with Crippen molar-refractivity contribution >= 4 is 5.91 Å². The van der Waals surface area contributed by atoms with Crippen LogP contribution in [0.15, 0.2) is 24.3 Å². The number of carbonyl (C=O) groups excluding carboxylic acids is 1. The second-order valence-electron chi connectivity index (χ2n) is 3.26. The number of benzene rings is 1. The van der Waals surface area contributed by atoms with Crippen molar-refractivity contribution in [1.82, 2.24) is 4.90 Å². The van der Waals surface area contributed by atoms with Gasteiger partial charge in [0, 0.05) is 19.0 Å². The molecule has 0 spiro atoms. The Bertz CT molecular complexity index is 349. The van der Waals surface area contributed by atoms with Gasteiger partial charge in [0.15, 0.2) is 0 Å². The summed E-state index contributed by atoms with van der Waals surface area (Å²) in [5.41, 5.74) is 1.63. The Morgan fingerprint density at radius 3 is 2.92 bits per heavy atom. The van der Waals surface area contributed by atoms with Crippen LogP contribution >= 0.6 is 0 Å². The zero-order valence-electron chi connectivity index (χ0n) is 7.40. The maximum atomic E-state index is 11.6. The van der Waals surface area contributed by atoms with Crippen molar-refractivity contribution in [3.05, 3.63) is 35.4 Å². The van der Waals surface area contributed by atoms with Crippen LogP contribution in [0.3, 0.4) is 0 Å². The first kappa shape index (κ1) is 8.26. The van der Waals surface area contributed by atoms with Gasteiger partial charge in [-0.15, -0.1) is 0 Å². The molecule has 1 N–H and O–H groups in total. The molecule has 0 saturated heterocycles. The lowest BCUT2D eigenvalue weighted by Crippen LogP contribution is -2.42. The monoisotopic (exact) mass is 177 g/mol. The summed E-state index contributed by atoms with van der Waals surface area (Å²) in [4.78, 5) is 13.0. The highest BCUT2D eigenvalue weighted by Crippen LogP contribution is 2.20. The number of hydrogen-bond donors (Lipinski definition) is 1. The van der Waals surface area contributed by atoms with Crippen molar-refractivity contribution in [1.29, 1.82) is 0 Å². The second kappa shape index (κ2) is 2.85. The molecule has 0 saturated carbocycles. The minimum absolute atomic E-state index is 0.102. The number of aliphatic hydroxyl groups excluding tert-OH is 1. The predicted octanol–water partition coefficient (Wildman–Crippen LogP) is 0.633. The topological polar surface area (TPSA) is 40.5 Å². The number of nitrogens with zero attached hydrogens (tertiary/aromatic N) is 1. The Kier molecular flexibility index (Phi) is 1.81. The number of fused-ring (bicyclic) bond motifs is 1. The minimum atomic E-state index is -0.678. The number of likely N-dealkylation sites (N-methyl/N-ethyl adjacent to an activating group) is 1. The first-order valence-electron chi connectivity index (χ1n) is 4.23. The van der Waals surface area contributed by atoms with E-state index in [2.05, 4.69) is 0 Å². The van der Waals surface area contributed by atoms with Gasteiger partial charge in [0.1, 0.15) is 6.23 Å². The first-order chi connectivity index (χ1) is 6.20. The largest absolute Gasteiger partial charge is 0.373 e. The number of rotatable bonds is 0. The highest BCUT2D eigenvalue weighted by molar-refractivity contribution is 5.96. The maximum Gasteiger partial charge on any atom is 0.255 e. The molecule has 0 aromatic heterocycles. The van der Waals surface area contributed by atoms with Gasteiger partial charge in [-0.3, -0.25) is 4.79 Å². The summed E-state index contributed by atoms with van der Waals surface area (Å²) in [5, 5.41) is 9.50. The van der Waals surface area contributed by atoms with Crippen molar-refractivity contribution in [3.8, 4) is 0 Å². The van der Waals surface area contributed by atoms with Crippen LogP contribution in [0.2, 0.25) is 0 Å². The lowest BCUT2D eigenvalue weighted by molar-refractivity contribution is 0.0151. The molecule has 1 atom stereocenters. The van der Waals surface area contributed by atoms with Crippen LogP contribution in [-0.4, -0.2) is 29.2 Å². The fraction of sp³-hybridized carbons (Fsp3) is 0.300. The van der Waals surface area contributed by atoms with Crippen LogP contribution in [0.4, 0.5) is 0 Å². The van der Waals surface area contributed by atoms with Crippen LogP contribution in [0.1, 0.15) is 15.9 Å². The Hall–Kier alpha value is -1.35. The molecule has 1 amide bonds. The minimum Gasteiger partial charge on any atom is -0.373 e. The van der Waals surface area contributed by atoms with E-state index in [1.807, 2.05) is 18.2 Å². The average molecular weight is 177 g/mol. The molecular weight excluding hydrogens is 166 g/mol. The summed E-state index contributed by atoms with van der Waals surface area (Å²) in [6.45, 7) is 0. The normalized spacial score (nSPS) is 21.5. The third kappa shape index (κ3) is 1.21. The standard InChI is InChI=1S/C10H11NO2/c1-11-9(12)6-7-4-2-3-5-8(7)10(11)13/h2-5,9,12H,6H2,1H3. The van der Waals surface area contributed by atoms with E-state index < -0.39 is 6.23 Å². The summed E-state index contributed by atoms with van der Waals surface area (Å²) in [5.74, 6) is -0.102. The fourth-order valence-corrected chi connectivity index (χ4v) is 1.57. The molecule has 0 fully saturated rings. The molecule has 0 radical (unpaired) electrons. The van der Waals surface area contributed by atoms with Crippen LogP contribution in [-0.2, 0) is 6.42 Å². The van der Waals surface area contributed by atoms with Crippen LogP contribution in [0.25, 0.3) is 0 Å². The first-order valence-corrected chi connectivity index (χ1v) is 4.23. The lowest BCUT2D eigenvalue weighted by atomic mass is 9.98. The number of hydrogen-bond acceptors (Lipinski definition) is 2. The average Bonchev–Trinajstić information content (AvgIpc) is 2.15. The van der Waals surface area contributed by atoms with E-state index in [1.165, 1.54) is 4.90 Å². The predicted molar refractivity (Wildman–Crippen MR) is 48.2 cm³/mol. The van der Waals surface area contributed by atoms with Crippen molar-refractivity contribution in [2.45, 2.75) is 12.6 Å². The van der Waals surface area contributed by atoms with Crippen LogP contribution in [0, 0.1) is 0 Å². The molecule has 1 aliphatic heterocycles. The van der Waals surface area contributed by atoms with Crippen LogP contribution in [0.5, 0.6) is 0 Å². The summed E-state index contributed by atoms with van der Waals surface area (Å²) < 4.78 is 0. The van der Waals surface area contributed by atoms with Gasteiger partial charge in [0.25, 0.3) is 5.91 Å². The Morgan fingerprint density at radius 1 is 1.46 bits per heavy atom. The number of aliphatic hydroxyl groups is 1. The van der Waals surface area contributed by atoms with Gasteiger partial charge in [-0.25, -0.2) is 0 Å². The van der Waals surface area contributed by atoms with E-state index >= 15 is 0 Å². The zero-order chi connectivity index (χ0) is 9.42. The molecule has 1 unspecified atom stereocenters. The molecular formula is C10H11NO2. The third-order valence-electron chi connectivity index (χ3n) is 2.42. The molecule has 68 valence electrons. The zero-order valence-corrected chi connectivity index (χ0v) is 7.40. The van der Waals surface area contributed by atoms with E-state index in [0.717, 1.165) is 5.56 Å². The quantitative estimate of drug-likeness (QED) is 0.631. The van der Waals surface area contributed by atoms with Crippen molar-refractivity contribution < 1.29 is 9.90 Å². The van der Waals surface area contributed by atoms with Gasteiger partial charge in [0.2, 0.25) is 0 Å². The van der Waals surface area contributed by atoms with Gasteiger partial charge < -0.3 is 10.0 Å². The van der Waals surface area contributed by atoms with Crippen molar-refractivity contribution in [2.75, 3.05) is 7.05 Å². The van der Waals surface area contributed by atoms with Gasteiger partial charge in [0.05, 0.1) is 0 Å². The van der Waals surface area contributed by atoms with Gasteiger partial charge >= 0.3 is 0 Å². The number of carbonyl (C=O) groups is 1. The van der Waals surface area contributed by atoms with E-state index in [-0.39, 0.29) is 5.91 Å². The molecule has 13 heavy (non-hydrogen) atoms. The molecule has 2 rings (SSSR count). The molecule has 1 aromatic carbocycles. The fourth-order valence-electron chi connectivity index (χ4n) is 1.57. The molecule has 1 heterocycles.